The van der Waals surface area contributed by atoms with Crippen molar-refractivity contribution in [3.63, 3.8) is 0 Å². The molecule has 0 amide bonds. The van der Waals surface area contributed by atoms with E-state index in [1.54, 1.807) is 6.20 Å². The number of rotatable bonds is 24. The van der Waals surface area contributed by atoms with Gasteiger partial charge in [-0.05, 0) is 43.5 Å². The van der Waals surface area contributed by atoms with Gasteiger partial charge in [-0.25, -0.2) is 0 Å². The number of nitrogens with zero attached hydrogens (tertiary/aromatic N) is 3. The summed E-state index contributed by atoms with van der Waals surface area (Å²) >= 11 is 0. The molecule has 5 heteroatoms. The Morgan fingerprint density at radius 2 is 1.31 bits per heavy atom. The zero-order chi connectivity index (χ0) is 27.8. The number of unbranched alkanes of at least 4 members (excludes halogenated alkanes) is 15. The predicted molar refractivity (Wildman–Crippen MR) is 163 cm³/mol. The second-order valence-electron chi connectivity index (χ2n) is 10.7. The van der Waals surface area contributed by atoms with Gasteiger partial charge in [0.05, 0.1) is 18.5 Å². The van der Waals surface area contributed by atoms with Crippen molar-refractivity contribution >= 4 is 0 Å². The first-order chi connectivity index (χ1) is 19.3. The van der Waals surface area contributed by atoms with Crippen LogP contribution in [0.5, 0.6) is 11.8 Å². The summed E-state index contributed by atoms with van der Waals surface area (Å²) < 4.78 is 12.0. The van der Waals surface area contributed by atoms with E-state index >= 15 is 0 Å². The maximum Gasteiger partial charge on any atom is 0.336 e. The smallest absolute Gasteiger partial charge is 0.336 e. The molecule has 1 heterocycles. The van der Waals surface area contributed by atoms with Gasteiger partial charge in [0, 0.05) is 12.0 Å². The maximum atomic E-state index is 6.06. The highest BCUT2D eigenvalue weighted by molar-refractivity contribution is 5.59. The Morgan fingerprint density at radius 3 is 1.90 bits per heavy atom. The molecular formula is C34H53N3O2. The van der Waals surface area contributed by atoms with Crippen molar-refractivity contribution in [2.75, 3.05) is 6.61 Å². The van der Waals surface area contributed by atoms with Gasteiger partial charge in [-0.1, -0.05) is 115 Å². The van der Waals surface area contributed by atoms with E-state index in [4.69, 9.17) is 15.9 Å². The van der Waals surface area contributed by atoms with Crippen LogP contribution in [0.1, 0.15) is 136 Å². The first-order valence-electron chi connectivity index (χ1n) is 15.8. The molecule has 0 bridgehead atoms. The lowest BCUT2D eigenvalue weighted by molar-refractivity contribution is 0.174. The van der Waals surface area contributed by atoms with Gasteiger partial charge in [-0.15, -0.1) is 12.3 Å². The third-order valence-electron chi connectivity index (χ3n) is 7.20. The van der Waals surface area contributed by atoms with E-state index in [0.29, 0.717) is 6.42 Å². The lowest BCUT2D eigenvalue weighted by Gasteiger charge is -2.15. The molecule has 0 unspecified atom stereocenters. The fraction of sp³-hybridized carbons (Fsp3) is 0.676. The minimum atomic E-state index is -0.0794. The van der Waals surface area contributed by atoms with E-state index in [9.17, 15) is 0 Å². The van der Waals surface area contributed by atoms with Crippen molar-refractivity contribution in [3.05, 3.63) is 30.5 Å². The molecule has 0 aliphatic heterocycles. The van der Waals surface area contributed by atoms with Gasteiger partial charge in [-0.3, -0.25) is 0 Å². The van der Waals surface area contributed by atoms with E-state index in [1.807, 2.05) is 24.3 Å². The number of benzene rings is 1. The molecule has 2 aromatic rings. The summed E-state index contributed by atoms with van der Waals surface area (Å²) in [5.74, 6) is 3.62. The molecular weight excluding hydrogens is 482 g/mol. The summed E-state index contributed by atoms with van der Waals surface area (Å²) in [5.41, 5.74) is 1.69. The van der Waals surface area contributed by atoms with Crippen LogP contribution in [0.25, 0.3) is 11.3 Å². The zero-order valence-corrected chi connectivity index (χ0v) is 24.8. The second kappa shape index (κ2) is 22.2. The van der Waals surface area contributed by atoms with Crippen molar-refractivity contribution < 1.29 is 9.47 Å². The number of hydrogen-bond acceptors (Lipinski definition) is 5. The maximum absolute atomic E-state index is 6.06. The number of hydrogen-bond donors (Lipinski definition) is 0. The summed E-state index contributed by atoms with van der Waals surface area (Å²) in [5, 5.41) is 8.22. The molecule has 1 aromatic carbocycles. The third-order valence-corrected chi connectivity index (χ3v) is 7.20. The lowest BCUT2D eigenvalue weighted by Crippen LogP contribution is -2.17. The van der Waals surface area contributed by atoms with E-state index in [2.05, 4.69) is 34.9 Å². The molecule has 0 N–H and O–H groups in total. The highest BCUT2D eigenvalue weighted by Crippen LogP contribution is 2.22. The van der Waals surface area contributed by atoms with Gasteiger partial charge in [0.25, 0.3) is 0 Å². The number of ether oxygens (including phenoxy) is 2. The average molecular weight is 536 g/mol. The molecule has 0 aliphatic rings. The third kappa shape index (κ3) is 15.5. The Bertz CT molecular complexity index is 894. The summed E-state index contributed by atoms with van der Waals surface area (Å²) in [6.45, 7) is 5.28. The molecule has 39 heavy (non-hydrogen) atoms. The average Bonchev–Trinajstić information content (AvgIpc) is 2.96. The minimum Gasteiger partial charge on any atom is -0.494 e. The summed E-state index contributed by atoms with van der Waals surface area (Å²) in [6, 6.07) is 8.31. The molecule has 1 atom stereocenters. The summed E-state index contributed by atoms with van der Waals surface area (Å²) in [4.78, 5) is 4.60. The van der Waals surface area contributed by atoms with Crippen LogP contribution >= 0.6 is 0 Å². The van der Waals surface area contributed by atoms with Crippen molar-refractivity contribution in [1.82, 2.24) is 15.2 Å². The molecule has 0 radical (unpaired) electrons. The highest BCUT2D eigenvalue weighted by Gasteiger charge is 2.13. The Kier molecular flexibility index (Phi) is 18.6. The van der Waals surface area contributed by atoms with Crippen LogP contribution in [-0.2, 0) is 0 Å². The van der Waals surface area contributed by atoms with Crippen molar-refractivity contribution in [3.8, 4) is 35.4 Å². The van der Waals surface area contributed by atoms with Crippen LogP contribution in [0.15, 0.2) is 30.5 Å². The quantitative estimate of drug-likeness (QED) is 0.0989. The fourth-order valence-electron chi connectivity index (χ4n) is 4.79. The highest BCUT2D eigenvalue weighted by atomic mass is 16.5. The van der Waals surface area contributed by atoms with Crippen molar-refractivity contribution in [1.29, 1.82) is 0 Å². The zero-order valence-electron chi connectivity index (χ0n) is 24.8. The summed E-state index contributed by atoms with van der Waals surface area (Å²) in [7, 11) is 0. The van der Waals surface area contributed by atoms with Gasteiger partial charge in [0.2, 0.25) is 0 Å². The number of terminal acetylenes is 1. The molecule has 216 valence electrons. The van der Waals surface area contributed by atoms with Gasteiger partial charge < -0.3 is 9.47 Å². The normalized spacial score (nSPS) is 11.7. The van der Waals surface area contributed by atoms with Crippen LogP contribution in [0.4, 0.5) is 0 Å². The molecule has 5 nitrogen and oxygen atoms in total. The molecule has 1 aromatic heterocycles. The van der Waals surface area contributed by atoms with Crippen molar-refractivity contribution in [2.45, 2.75) is 142 Å². The molecule has 0 spiro atoms. The Morgan fingerprint density at radius 1 is 0.744 bits per heavy atom. The Hall–Kier alpha value is -2.61. The van der Waals surface area contributed by atoms with Gasteiger partial charge in [0.15, 0.2) is 0 Å². The first-order valence-corrected chi connectivity index (χ1v) is 15.8. The largest absolute Gasteiger partial charge is 0.494 e. The van der Waals surface area contributed by atoms with Gasteiger partial charge >= 0.3 is 6.01 Å². The van der Waals surface area contributed by atoms with Gasteiger partial charge in [-0.2, -0.15) is 10.1 Å². The Labute approximate surface area is 238 Å². The standard InChI is InChI=1S/C34H53N3O2/c1-4-7-9-11-13-14-15-17-19-21-28-38-31-26-24-30(25-27-31)33-29-35-37-34(36-33)39-32(22-6-3)23-20-18-16-12-10-8-5-2/h3,24-27,29,32H,4-5,7-23,28H2,1-2H3/t32-/m0/s1. The Balaban J connectivity index is 1.69. The molecule has 0 aliphatic carbocycles. The number of aromatic nitrogens is 3. The fourth-order valence-corrected chi connectivity index (χ4v) is 4.79. The minimum absolute atomic E-state index is 0.0794. The molecule has 2 rings (SSSR count). The first kappa shape index (κ1) is 32.6. The molecule has 0 saturated heterocycles. The van der Waals surface area contributed by atoms with Crippen molar-refractivity contribution in [2.24, 2.45) is 0 Å². The van der Waals surface area contributed by atoms with Crippen LogP contribution < -0.4 is 9.47 Å². The van der Waals surface area contributed by atoms with E-state index < -0.39 is 0 Å². The predicted octanol–water partition coefficient (Wildman–Crippen LogP) is 9.75. The summed E-state index contributed by atoms with van der Waals surface area (Å²) in [6.07, 6.45) is 30.8. The van der Waals surface area contributed by atoms with E-state index in [-0.39, 0.29) is 12.1 Å². The molecule has 0 fully saturated rings. The van der Waals surface area contributed by atoms with Crippen LogP contribution in [0, 0.1) is 12.3 Å². The topological polar surface area (TPSA) is 57.1 Å². The monoisotopic (exact) mass is 535 g/mol. The molecule has 0 saturated carbocycles. The van der Waals surface area contributed by atoms with Gasteiger partial charge in [0.1, 0.15) is 11.9 Å². The van der Waals surface area contributed by atoms with Crippen LogP contribution in [0.2, 0.25) is 0 Å². The SMILES string of the molecule is C#CC[C@@H](CCCCCCCCC)Oc1nncc(-c2ccc(OCCCCCCCCCCCC)cc2)n1. The van der Waals surface area contributed by atoms with E-state index in [1.165, 1.54) is 96.3 Å². The van der Waals surface area contributed by atoms with Crippen LogP contribution in [-0.4, -0.2) is 27.9 Å². The lowest BCUT2D eigenvalue weighted by atomic mass is 10.1. The van der Waals surface area contributed by atoms with Crippen LogP contribution in [0.3, 0.4) is 0 Å². The second-order valence-corrected chi connectivity index (χ2v) is 10.7. The van der Waals surface area contributed by atoms with E-state index in [0.717, 1.165) is 42.9 Å².